The van der Waals surface area contributed by atoms with Crippen LogP contribution < -0.4 is 10.2 Å². The monoisotopic (exact) mass is 281 g/mol. The number of rotatable bonds is 5. The maximum atomic E-state index is 4.64. The molecule has 0 aliphatic carbocycles. The first kappa shape index (κ1) is 14.8. The summed E-state index contributed by atoms with van der Waals surface area (Å²) in [5.74, 6) is 1.57. The molecule has 2 rings (SSSR count). The van der Waals surface area contributed by atoms with Gasteiger partial charge in [0.05, 0.1) is 0 Å². The highest BCUT2D eigenvalue weighted by atomic mass is 32.1. The molecule has 19 heavy (non-hydrogen) atoms. The van der Waals surface area contributed by atoms with Gasteiger partial charge in [0.25, 0.3) is 0 Å². The molecule has 3 nitrogen and oxygen atoms in total. The summed E-state index contributed by atoms with van der Waals surface area (Å²) in [4.78, 5) is 8.47. The maximum absolute atomic E-state index is 4.64. The van der Waals surface area contributed by atoms with Gasteiger partial charge in [0, 0.05) is 30.2 Å². The Balaban J connectivity index is 1.99. The fraction of sp³-hybridized carbons (Fsp3) is 0.800. The number of thiazole rings is 1. The number of anilines is 1. The molecule has 1 N–H and O–H groups in total. The Hall–Kier alpha value is -0.610. The number of nitrogens with one attached hydrogen (secondary N) is 1. The minimum absolute atomic E-state index is 0.422. The van der Waals surface area contributed by atoms with Gasteiger partial charge in [-0.15, -0.1) is 11.3 Å². The van der Waals surface area contributed by atoms with E-state index in [1.54, 1.807) is 0 Å². The van der Waals surface area contributed by atoms with E-state index in [2.05, 4.69) is 49.1 Å². The van der Waals surface area contributed by atoms with Crippen LogP contribution in [0.1, 0.15) is 51.5 Å². The molecular formula is C15H27N3S. The molecule has 1 aromatic heterocycles. The SMILES string of the molecule is CCCNC(C)c1cnc(N2CC(C)CC(C)C2)s1. The standard InChI is InChI=1S/C15H27N3S/c1-5-6-16-13(4)14-8-17-15(19-14)18-9-11(2)7-12(3)10-18/h8,11-13,16H,5-7,9-10H2,1-4H3. The van der Waals surface area contributed by atoms with Gasteiger partial charge in [-0.05, 0) is 38.1 Å². The highest BCUT2D eigenvalue weighted by Crippen LogP contribution is 2.31. The van der Waals surface area contributed by atoms with Crippen LogP contribution >= 0.6 is 11.3 Å². The highest BCUT2D eigenvalue weighted by Gasteiger charge is 2.24. The zero-order valence-corrected chi connectivity index (χ0v) is 13.5. The summed E-state index contributed by atoms with van der Waals surface area (Å²) in [6.07, 6.45) is 4.58. The number of hydrogen-bond donors (Lipinski definition) is 1. The van der Waals surface area contributed by atoms with Gasteiger partial charge in [-0.1, -0.05) is 20.8 Å². The lowest BCUT2D eigenvalue weighted by Crippen LogP contribution is -2.38. The predicted molar refractivity (Wildman–Crippen MR) is 84.0 cm³/mol. The van der Waals surface area contributed by atoms with Crippen molar-refractivity contribution in [2.45, 2.75) is 46.6 Å². The first-order valence-corrected chi connectivity index (χ1v) is 8.35. The van der Waals surface area contributed by atoms with E-state index >= 15 is 0 Å². The third-order valence-electron chi connectivity index (χ3n) is 3.78. The van der Waals surface area contributed by atoms with Crippen molar-refractivity contribution in [3.63, 3.8) is 0 Å². The van der Waals surface area contributed by atoms with Crippen molar-refractivity contribution in [3.8, 4) is 0 Å². The molecule has 1 aromatic rings. The van der Waals surface area contributed by atoms with Gasteiger partial charge in [-0.2, -0.15) is 0 Å². The van der Waals surface area contributed by atoms with Crippen molar-refractivity contribution in [2.75, 3.05) is 24.5 Å². The summed E-state index contributed by atoms with van der Waals surface area (Å²) in [5.41, 5.74) is 0. The van der Waals surface area contributed by atoms with Crippen molar-refractivity contribution in [1.82, 2.24) is 10.3 Å². The molecule has 0 radical (unpaired) electrons. The van der Waals surface area contributed by atoms with Crippen molar-refractivity contribution in [3.05, 3.63) is 11.1 Å². The number of aromatic nitrogens is 1. The van der Waals surface area contributed by atoms with E-state index in [9.17, 15) is 0 Å². The van der Waals surface area contributed by atoms with E-state index in [1.165, 1.54) is 22.9 Å². The minimum Gasteiger partial charge on any atom is -0.348 e. The minimum atomic E-state index is 0.422. The van der Waals surface area contributed by atoms with Crippen LogP contribution in [0.15, 0.2) is 6.20 Å². The van der Waals surface area contributed by atoms with E-state index in [0.29, 0.717) is 6.04 Å². The van der Waals surface area contributed by atoms with E-state index in [1.807, 2.05) is 11.3 Å². The van der Waals surface area contributed by atoms with Crippen LogP contribution in [0.2, 0.25) is 0 Å². The fourth-order valence-corrected chi connectivity index (χ4v) is 3.86. The average Bonchev–Trinajstić information content (AvgIpc) is 2.84. The lowest BCUT2D eigenvalue weighted by molar-refractivity contribution is 0.356. The Morgan fingerprint density at radius 2 is 2.11 bits per heavy atom. The second-order valence-corrected chi connectivity index (χ2v) is 7.11. The van der Waals surface area contributed by atoms with Crippen LogP contribution in [0.5, 0.6) is 0 Å². The topological polar surface area (TPSA) is 28.2 Å². The van der Waals surface area contributed by atoms with Gasteiger partial charge < -0.3 is 10.2 Å². The van der Waals surface area contributed by atoms with Crippen LogP contribution in [-0.2, 0) is 0 Å². The lowest BCUT2D eigenvalue weighted by atomic mass is 9.92. The van der Waals surface area contributed by atoms with Gasteiger partial charge in [-0.25, -0.2) is 4.98 Å². The van der Waals surface area contributed by atoms with Gasteiger partial charge in [0.1, 0.15) is 0 Å². The molecule has 1 fully saturated rings. The molecule has 1 saturated heterocycles. The molecule has 0 bridgehead atoms. The quantitative estimate of drug-likeness (QED) is 0.892. The molecule has 108 valence electrons. The normalized spacial score (nSPS) is 25.6. The molecule has 2 heterocycles. The molecular weight excluding hydrogens is 254 g/mol. The smallest absolute Gasteiger partial charge is 0.185 e. The van der Waals surface area contributed by atoms with E-state index < -0.39 is 0 Å². The number of nitrogens with zero attached hydrogens (tertiary/aromatic N) is 2. The van der Waals surface area contributed by atoms with Crippen LogP contribution in [-0.4, -0.2) is 24.6 Å². The predicted octanol–water partition coefficient (Wildman–Crippen LogP) is 3.69. The second-order valence-electron chi connectivity index (χ2n) is 6.07. The summed E-state index contributed by atoms with van der Waals surface area (Å²) in [6, 6.07) is 0.422. The largest absolute Gasteiger partial charge is 0.348 e. The number of hydrogen-bond acceptors (Lipinski definition) is 4. The molecule has 1 aliphatic heterocycles. The van der Waals surface area contributed by atoms with Crippen molar-refractivity contribution < 1.29 is 0 Å². The molecule has 4 heteroatoms. The molecule has 0 aromatic carbocycles. The summed E-state index contributed by atoms with van der Waals surface area (Å²) in [5, 5.41) is 4.74. The van der Waals surface area contributed by atoms with Crippen molar-refractivity contribution in [2.24, 2.45) is 11.8 Å². The van der Waals surface area contributed by atoms with Gasteiger partial charge in [0.15, 0.2) is 5.13 Å². The van der Waals surface area contributed by atoms with Crippen LogP contribution in [0.3, 0.4) is 0 Å². The Labute approximate surface area is 121 Å². The van der Waals surface area contributed by atoms with Crippen LogP contribution in [0, 0.1) is 11.8 Å². The summed E-state index contributed by atoms with van der Waals surface area (Å²) in [6.45, 7) is 12.5. The fourth-order valence-electron chi connectivity index (χ4n) is 2.90. The molecule has 0 saturated carbocycles. The highest BCUT2D eigenvalue weighted by molar-refractivity contribution is 7.15. The summed E-state index contributed by atoms with van der Waals surface area (Å²) < 4.78 is 0. The Morgan fingerprint density at radius 1 is 1.42 bits per heavy atom. The molecule has 1 aliphatic rings. The zero-order valence-electron chi connectivity index (χ0n) is 12.6. The van der Waals surface area contributed by atoms with Crippen LogP contribution in [0.25, 0.3) is 0 Å². The molecule has 3 atom stereocenters. The maximum Gasteiger partial charge on any atom is 0.185 e. The third-order valence-corrected chi connectivity index (χ3v) is 5.02. The second kappa shape index (κ2) is 6.71. The van der Waals surface area contributed by atoms with Gasteiger partial charge >= 0.3 is 0 Å². The van der Waals surface area contributed by atoms with E-state index in [-0.39, 0.29) is 0 Å². The third kappa shape index (κ3) is 3.93. The van der Waals surface area contributed by atoms with Gasteiger partial charge in [-0.3, -0.25) is 0 Å². The lowest BCUT2D eigenvalue weighted by Gasteiger charge is -2.34. The zero-order chi connectivity index (χ0) is 13.8. The van der Waals surface area contributed by atoms with Gasteiger partial charge in [0.2, 0.25) is 0 Å². The van der Waals surface area contributed by atoms with Crippen molar-refractivity contribution >= 4 is 16.5 Å². The van der Waals surface area contributed by atoms with E-state index in [4.69, 9.17) is 0 Å². The van der Waals surface area contributed by atoms with E-state index in [0.717, 1.165) is 31.5 Å². The first-order chi connectivity index (χ1) is 9.10. The Kier molecular flexibility index (Phi) is 5.22. The van der Waals surface area contributed by atoms with Crippen LogP contribution in [0.4, 0.5) is 5.13 Å². The van der Waals surface area contributed by atoms with Crippen molar-refractivity contribution in [1.29, 1.82) is 0 Å². The Bertz CT molecular complexity index is 380. The average molecular weight is 281 g/mol. The molecule has 0 amide bonds. The summed E-state index contributed by atoms with van der Waals surface area (Å²) in [7, 11) is 0. The number of piperidine rings is 1. The Morgan fingerprint density at radius 3 is 2.74 bits per heavy atom. The molecule has 3 unspecified atom stereocenters. The summed E-state index contributed by atoms with van der Waals surface area (Å²) >= 11 is 1.85. The first-order valence-electron chi connectivity index (χ1n) is 7.54. The molecule has 0 spiro atoms.